The number of aromatic nitrogens is 3. The van der Waals surface area contributed by atoms with E-state index in [0.29, 0.717) is 29.1 Å². The molecule has 24 heavy (non-hydrogen) atoms. The van der Waals surface area contributed by atoms with Gasteiger partial charge in [0.2, 0.25) is 0 Å². The van der Waals surface area contributed by atoms with Gasteiger partial charge < -0.3 is 9.64 Å². The fourth-order valence-electron chi connectivity index (χ4n) is 2.65. The van der Waals surface area contributed by atoms with Gasteiger partial charge in [-0.1, -0.05) is 28.9 Å². The average molecular weight is 346 g/mol. The number of methoxy groups -OCH3 is 1. The molecular weight excluding hydrogens is 328 g/mol. The molecule has 1 unspecified atom stereocenters. The first-order chi connectivity index (χ1) is 11.6. The molecule has 0 aliphatic carbocycles. The minimum Gasteiger partial charge on any atom is -0.496 e. The van der Waals surface area contributed by atoms with Crippen LogP contribution in [0, 0.1) is 0 Å². The van der Waals surface area contributed by atoms with Gasteiger partial charge >= 0.3 is 0 Å². The Morgan fingerprint density at radius 2 is 2.04 bits per heavy atom. The Bertz CT molecular complexity index is 926. The molecule has 1 heterocycles. The molecule has 6 nitrogen and oxygen atoms in total. The van der Waals surface area contributed by atoms with Crippen molar-refractivity contribution in [2.75, 3.05) is 14.2 Å². The molecule has 0 aliphatic rings. The summed E-state index contributed by atoms with van der Waals surface area (Å²) in [6.45, 7) is 1.04. The summed E-state index contributed by atoms with van der Waals surface area (Å²) in [5.74, 6) is 0.774. The van der Waals surface area contributed by atoms with Crippen LogP contribution in [0.4, 0.5) is 0 Å². The van der Waals surface area contributed by atoms with E-state index in [0.717, 1.165) is 16.2 Å². The van der Waals surface area contributed by atoms with Crippen LogP contribution in [-0.4, -0.2) is 29.2 Å². The van der Waals surface area contributed by atoms with Gasteiger partial charge in [-0.3, -0.25) is 4.79 Å². The van der Waals surface area contributed by atoms with Crippen molar-refractivity contribution in [3.05, 3.63) is 63.4 Å². The Balaban J connectivity index is 1.83. The van der Waals surface area contributed by atoms with Gasteiger partial charge in [0.05, 0.1) is 19.5 Å². The van der Waals surface area contributed by atoms with Crippen LogP contribution in [0.15, 0.2) is 47.3 Å². The molecular formula is C17H18ClN4O2+. The number of hydrogen-bond acceptors (Lipinski definition) is 4. The fourth-order valence-corrected chi connectivity index (χ4v) is 2.84. The number of nitrogens with zero attached hydrogens (tertiary/aromatic N) is 3. The molecule has 0 saturated heterocycles. The molecule has 3 rings (SSSR count). The van der Waals surface area contributed by atoms with E-state index in [1.54, 1.807) is 25.3 Å². The number of hydrogen-bond donors (Lipinski definition) is 1. The maximum Gasteiger partial charge on any atom is 0.282 e. The van der Waals surface area contributed by atoms with Gasteiger partial charge in [-0.05, 0) is 30.3 Å². The summed E-state index contributed by atoms with van der Waals surface area (Å²) >= 11 is 6.07. The van der Waals surface area contributed by atoms with E-state index >= 15 is 0 Å². The molecule has 0 radical (unpaired) electrons. The van der Waals surface area contributed by atoms with Gasteiger partial charge in [0.1, 0.15) is 17.8 Å². The van der Waals surface area contributed by atoms with Gasteiger partial charge in [0.25, 0.3) is 5.56 Å². The zero-order valence-electron chi connectivity index (χ0n) is 13.5. The lowest BCUT2D eigenvalue weighted by molar-refractivity contribution is -0.917. The van der Waals surface area contributed by atoms with Crippen molar-refractivity contribution in [1.82, 2.24) is 15.0 Å². The van der Waals surface area contributed by atoms with E-state index in [-0.39, 0.29) is 5.56 Å². The molecule has 1 N–H and O–H groups in total. The Morgan fingerprint density at radius 1 is 1.25 bits per heavy atom. The van der Waals surface area contributed by atoms with Crippen LogP contribution in [-0.2, 0) is 13.2 Å². The number of quaternary nitrogens is 1. The predicted octanol–water partition coefficient (Wildman–Crippen LogP) is 1.13. The van der Waals surface area contributed by atoms with Gasteiger partial charge in [-0.25, -0.2) is 0 Å². The third-order valence-corrected chi connectivity index (χ3v) is 4.02. The zero-order valence-corrected chi connectivity index (χ0v) is 14.2. The summed E-state index contributed by atoms with van der Waals surface area (Å²) < 4.78 is 6.75. The smallest absolute Gasteiger partial charge is 0.282 e. The van der Waals surface area contributed by atoms with Crippen molar-refractivity contribution >= 4 is 22.5 Å². The summed E-state index contributed by atoms with van der Waals surface area (Å²) in [7, 11) is 3.60. The molecule has 0 fully saturated rings. The van der Waals surface area contributed by atoms with Crippen LogP contribution < -0.4 is 15.2 Å². The molecule has 124 valence electrons. The van der Waals surface area contributed by atoms with Gasteiger partial charge in [0.15, 0.2) is 6.67 Å². The lowest BCUT2D eigenvalue weighted by atomic mass is 10.2. The lowest BCUT2D eigenvalue weighted by Gasteiger charge is -2.16. The van der Waals surface area contributed by atoms with Crippen LogP contribution in [0.2, 0.25) is 5.02 Å². The Kier molecular flexibility index (Phi) is 4.78. The van der Waals surface area contributed by atoms with Crippen molar-refractivity contribution in [3.63, 3.8) is 0 Å². The summed E-state index contributed by atoms with van der Waals surface area (Å²) in [4.78, 5) is 13.6. The van der Waals surface area contributed by atoms with E-state index in [1.165, 1.54) is 4.68 Å². The number of ether oxygens (including phenoxy) is 1. The lowest BCUT2D eigenvalue weighted by Crippen LogP contribution is -3.07. The number of fused-ring (bicyclic) bond motifs is 1. The fraction of sp³-hybridized carbons (Fsp3) is 0.235. The molecule has 7 heteroatoms. The first-order valence-corrected chi connectivity index (χ1v) is 7.92. The van der Waals surface area contributed by atoms with Crippen molar-refractivity contribution in [3.8, 4) is 5.75 Å². The summed E-state index contributed by atoms with van der Waals surface area (Å²) in [5.41, 5.74) is 1.44. The second kappa shape index (κ2) is 6.98. The highest BCUT2D eigenvalue weighted by Gasteiger charge is 2.13. The summed E-state index contributed by atoms with van der Waals surface area (Å²) in [5, 5.41) is 9.35. The van der Waals surface area contributed by atoms with Gasteiger partial charge in [0, 0.05) is 10.6 Å². The quantitative estimate of drug-likeness (QED) is 0.753. The van der Waals surface area contributed by atoms with Crippen molar-refractivity contribution in [2.24, 2.45) is 0 Å². The highest BCUT2D eigenvalue weighted by atomic mass is 35.5. The molecule has 1 atom stereocenters. The van der Waals surface area contributed by atoms with Crippen LogP contribution in [0.5, 0.6) is 5.75 Å². The minimum absolute atomic E-state index is 0.141. The molecule has 0 spiro atoms. The molecule has 2 aromatic carbocycles. The topological polar surface area (TPSA) is 61.5 Å². The number of nitrogens with one attached hydrogen (secondary N) is 1. The molecule has 0 aliphatic heterocycles. The highest BCUT2D eigenvalue weighted by molar-refractivity contribution is 6.30. The number of benzene rings is 2. The van der Waals surface area contributed by atoms with E-state index in [1.807, 2.05) is 31.3 Å². The molecule has 0 saturated carbocycles. The van der Waals surface area contributed by atoms with Gasteiger partial charge in [-0.2, -0.15) is 4.68 Å². The second-order valence-electron chi connectivity index (χ2n) is 5.66. The van der Waals surface area contributed by atoms with E-state index < -0.39 is 0 Å². The average Bonchev–Trinajstić information content (AvgIpc) is 2.58. The SMILES string of the molecule is COc1ccc(Cl)cc1C[NH+](C)Cn1nnc2ccccc2c1=O. The highest BCUT2D eigenvalue weighted by Crippen LogP contribution is 2.21. The molecule has 3 aromatic rings. The van der Waals surface area contributed by atoms with Crippen LogP contribution in [0.25, 0.3) is 10.9 Å². The van der Waals surface area contributed by atoms with E-state index in [9.17, 15) is 4.79 Å². The Labute approximate surface area is 144 Å². The standard InChI is InChI=1S/C17H17ClN4O2/c1-21(10-12-9-13(18)7-8-16(12)24-2)11-22-17(23)14-5-3-4-6-15(14)19-20-22/h3-9H,10-11H2,1-2H3/p+1. The molecule has 1 aromatic heterocycles. The Morgan fingerprint density at radius 3 is 2.83 bits per heavy atom. The maximum absolute atomic E-state index is 12.5. The van der Waals surface area contributed by atoms with E-state index in [2.05, 4.69) is 10.3 Å². The zero-order chi connectivity index (χ0) is 17.1. The summed E-state index contributed by atoms with van der Waals surface area (Å²) in [6.07, 6.45) is 0. The normalized spacial score (nSPS) is 12.3. The minimum atomic E-state index is -0.141. The Hall–Kier alpha value is -2.44. The van der Waals surface area contributed by atoms with Crippen LogP contribution >= 0.6 is 11.6 Å². The first-order valence-electron chi connectivity index (χ1n) is 7.54. The third kappa shape index (κ3) is 3.39. The number of rotatable bonds is 5. The largest absolute Gasteiger partial charge is 0.496 e. The van der Waals surface area contributed by atoms with Crippen LogP contribution in [0.3, 0.4) is 0 Å². The van der Waals surface area contributed by atoms with Crippen LogP contribution in [0.1, 0.15) is 5.56 Å². The van der Waals surface area contributed by atoms with Crippen molar-refractivity contribution in [2.45, 2.75) is 13.2 Å². The maximum atomic E-state index is 12.5. The van der Waals surface area contributed by atoms with Crippen molar-refractivity contribution < 1.29 is 9.64 Å². The number of halogens is 1. The predicted molar refractivity (Wildman–Crippen MR) is 92.4 cm³/mol. The van der Waals surface area contributed by atoms with E-state index in [4.69, 9.17) is 16.3 Å². The van der Waals surface area contributed by atoms with Crippen molar-refractivity contribution in [1.29, 1.82) is 0 Å². The summed E-state index contributed by atoms with van der Waals surface area (Å²) in [6, 6.07) is 12.7. The third-order valence-electron chi connectivity index (χ3n) is 3.78. The molecule has 0 bridgehead atoms. The molecule has 0 amide bonds. The first kappa shape index (κ1) is 16.4. The second-order valence-corrected chi connectivity index (χ2v) is 6.10. The monoisotopic (exact) mass is 345 g/mol. The van der Waals surface area contributed by atoms with Gasteiger partial charge in [-0.15, -0.1) is 5.10 Å².